The predicted octanol–water partition coefficient (Wildman–Crippen LogP) is 4.94. The van der Waals surface area contributed by atoms with E-state index in [0.29, 0.717) is 17.0 Å². The smallest absolute Gasteiger partial charge is 0.249 e. The van der Waals surface area contributed by atoms with Crippen molar-refractivity contribution in [3.63, 3.8) is 0 Å². The summed E-state index contributed by atoms with van der Waals surface area (Å²) >= 11 is 0. The molecule has 5 heteroatoms. The first kappa shape index (κ1) is 18.5. The van der Waals surface area contributed by atoms with Gasteiger partial charge in [-0.25, -0.2) is 0 Å². The minimum absolute atomic E-state index is 0.164. The van der Waals surface area contributed by atoms with Crippen LogP contribution in [-0.4, -0.2) is 11.8 Å². The van der Waals surface area contributed by atoms with Gasteiger partial charge in [0.1, 0.15) is 11.3 Å². The molecule has 0 saturated carbocycles. The maximum atomic E-state index is 12.6. The molecule has 144 valence electrons. The molecule has 1 atom stereocenters. The van der Waals surface area contributed by atoms with Crippen LogP contribution in [0.15, 0.2) is 83.3 Å². The minimum atomic E-state index is -0.590. The van der Waals surface area contributed by atoms with E-state index < -0.39 is 5.91 Å². The Bertz CT molecular complexity index is 1160. The lowest BCUT2D eigenvalue weighted by molar-refractivity contribution is -0.117. The van der Waals surface area contributed by atoms with Gasteiger partial charge < -0.3 is 15.5 Å². The molecule has 0 aliphatic heterocycles. The largest absolute Gasteiger partial charge is 0.456 e. The second-order valence-corrected chi connectivity index (χ2v) is 6.89. The van der Waals surface area contributed by atoms with Crippen LogP contribution in [0.5, 0.6) is 0 Å². The van der Waals surface area contributed by atoms with E-state index >= 15 is 0 Å². The topological polar surface area (TPSA) is 85.3 Å². The van der Waals surface area contributed by atoms with Gasteiger partial charge in [0.2, 0.25) is 11.8 Å². The second kappa shape index (κ2) is 7.64. The summed E-state index contributed by atoms with van der Waals surface area (Å²) in [7, 11) is 0. The van der Waals surface area contributed by atoms with E-state index in [4.69, 9.17) is 10.2 Å². The van der Waals surface area contributed by atoms with Crippen molar-refractivity contribution < 1.29 is 14.0 Å². The van der Waals surface area contributed by atoms with E-state index in [1.54, 1.807) is 18.2 Å². The number of benzene rings is 3. The third kappa shape index (κ3) is 3.75. The Morgan fingerprint density at radius 2 is 1.66 bits per heavy atom. The van der Waals surface area contributed by atoms with Gasteiger partial charge in [-0.15, -0.1) is 0 Å². The lowest BCUT2D eigenvalue weighted by atomic mass is 10.00. The molecule has 0 bridgehead atoms. The molecule has 1 unspecified atom stereocenters. The van der Waals surface area contributed by atoms with Crippen LogP contribution in [-0.2, 0) is 4.79 Å². The molecule has 4 aromatic rings. The predicted molar refractivity (Wildman–Crippen MR) is 114 cm³/mol. The number of hydrogen-bond donors (Lipinski definition) is 2. The Morgan fingerprint density at radius 3 is 2.38 bits per heavy atom. The Balaban J connectivity index is 1.64. The van der Waals surface area contributed by atoms with Gasteiger partial charge >= 0.3 is 0 Å². The average molecular weight is 384 g/mol. The quantitative estimate of drug-likeness (QED) is 0.511. The van der Waals surface area contributed by atoms with E-state index in [2.05, 4.69) is 5.32 Å². The number of rotatable bonds is 5. The van der Waals surface area contributed by atoms with Crippen molar-refractivity contribution >= 4 is 28.5 Å². The Hall–Kier alpha value is -3.86. The molecule has 29 heavy (non-hydrogen) atoms. The average Bonchev–Trinajstić information content (AvgIpc) is 3.17. The maximum Gasteiger partial charge on any atom is 0.249 e. The Labute approximate surface area is 168 Å². The van der Waals surface area contributed by atoms with Gasteiger partial charge in [-0.1, -0.05) is 48.5 Å². The number of carbonyl (C=O) groups is 2. The summed E-state index contributed by atoms with van der Waals surface area (Å²) in [6.45, 7) is 1.84. The number of para-hydroxylation sites is 1. The maximum absolute atomic E-state index is 12.6. The highest BCUT2D eigenvalue weighted by Crippen LogP contribution is 2.31. The molecule has 0 fully saturated rings. The number of nitrogens with one attached hydrogen (secondary N) is 1. The van der Waals surface area contributed by atoms with Crippen LogP contribution in [0.25, 0.3) is 22.3 Å². The van der Waals surface area contributed by atoms with Gasteiger partial charge in [0.25, 0.3) is 0 Å². The summed E-state index contributed by atoms with van der Waals surface area (Å²) in [6.07, 6.45) is 0. The van der Waals surface area contributed by atoms with Crippen molar-refractivity contribution in [1.82, 2.24) is 0 Å². The number of carbonyl (C=O) groups excluding carboxylic acids is 2. The fraction of sp³-hybridized carbons (Fsp3) is 0.0833. The second-order valence-electron chi connectivity index (χ2n) is 6.89. The zero-order chi connectivity index (χ0) is 20.4. The summed E-state index contributed by atoms with van der Waals surface area (Å²) in [6, 6.07) is 24.0. The number of fused-ring (bicyclic) bond motifs is 1. The molecular formula is C24H20N2O3. The van der Waals surface area contributed by atoms with Crippen LogP contribution < -0.4 is 11.1 Å². The fourth-order valence-corrected chi connectivity index (χ4v) is 3.30. The van der Waals surface area contributed by atoms with Gasteiger partial charge in [0.15, 0.2) is 0 Å². The Kier molecular flexibility index (Phi) is 4.87. The van der Waals surface area contributed by atoms with Crippen molar-refractivity contribution in [3.8, 4) is 11.3 Å². The molecule has 4 rings (SSSR count). The van der Waals surface area contributed by atoms with Gasteiger partial charge in [0.05, 0.1) is 11.5 Å². The van der Waals surface area contributed by atoms with Crippen molar-refractivity contribution in [2.45, 2.75) is 12.8 Å². The lowest BCUT2D eigenvalue weighted by Gasteiger charge is -2.14. The molecule has 0 saturated heterocycles. The Morgan fingerprint density at radius 1 is 0.931 bits per heavy atom. The normalized spacial score (nSPS) is 11.9. The highest BCUT2D eigenvalue weighted by molar-refractivity contribution is 6.03. The highest BCUT2D eigenvalue weighted by atomic mass is 16.3. The molecule has 3 N–H and O–H groups in total. The molecule has 0 aliphatic rings. The van der Waals surface area contributed by atoms with Gasteiger partial charge in [-0.2, -0.15) is 0 Å². The van der Waals surface area contributed by atoms with Crippen molar-refractivity contribution in [1.29, 1.82) is 0 Å². The molecular weight excluding hydrogens is 364 g/mol. The molecule has 3 aromatic carbocycles. The summed E-state index contributed by atoms with van der Waals surface area (Å²) < 4.78 is 5.87. The molecule has 2 amide bonds. The number of furan rings is 1. The summed E-state index contributed by atoms with van der Waals surface area (Å²) in [5.41, 5.74) is 8.63. The number of anilines is 1. The molecule has 1 heterocycles. The number of hydrogen-bond acceptors (Lipinski definition) is 3. The molecule has 5 nitrogen and oxygen atoms in total. The molecule has 0 spiro atoms. The van der Waals surface area contributed by atoms with Crippen LogP contribution in [0, 0.1) is 0 Å². The lowest BCUT2D eigenvalue weighted by Crippen LogP contribution is -2.19. The van der Waals surface area contributed by atoms with E-state index in [9.17, 15) is 9.59 Å². The van der Waals surface area contributed by atoms with Crippen molar-refractivity contribution in [2.75, 3.05) is 5.32 Å². The first-order valence-electron chi connectivity index (χ1n) is 9.31. The first-order chi connectivity index (χ1) is 14.0. The summed E-state index contributed by atoms with van der Waals surface area (Å²) in [5, 5.41) is 3.80. The van der Waals surface area contributed by atoms with Crippen LogP contribution in [0.1, 0.15) is 28.8 Å². The van der Waals surface area contributed by atoms with Gasteiger partial charge in [0, 0.05) is 16.6 Å². The highest BCUT2D eigenvalue weighted by Gasteiger charge is 2.18. The molecule has 0 aliphatic carbocycles. The van der Waals surface area contributed by atoms with E-state index in [1.165, 1.54) is 0 Å². The molecule has 1 aromatic heterocycles. The summed E-state index contributed by atoms with van der Waals surface area (Å²) in [4.78, 5) is 24.7. The van der Waals surface area contributed by atoms with Crippen LogP contribution in [0.3, 0.4) is 0 Å². The third-order valence-corrected chi connectivity index (χ3v) is 4.94. The van der Waals surface area contributed by atoms with Crippen molar-refractivity contribution in [3.05, 3.63) is 90.0 Å². The number of nitrogens with two attached hydrogens (primary N) is 1. The number of primary amides is 1. The number of amides is 2. The zero-order valence-corrected chi connectivity index (χ0v) is 15.9. The van der Waals surface area contributed by atoms with E-state index in [1.807, 2.05) is 67.6 Å². The van der Waals surface area contributed by atoms with Crippen molar-refractivity contribution in [2.24, 2.45) is 5.73 Å². The first-order valence-corrected chi connectivity index (χ1v) is 9.31. The summed E-state index contributed by atoms with van der Waals surface area (Å²) in [5.74, 6) is -0.533. The van der Waals surface area contributed by atoms with Gasteiger partial charge in [-0.05, 0) is 42.8 Å². The monoisotopic (exact) mass is 384 g/mol. The minimum Gasteiger partial charge on any atom is -0.456 e. The van der Waals surface area contributed by atoms with E-state index in [-0.39, 0.29) is 17.4 Å². The van der Waals surface area contributed by atoms with E-state index in [0.717, 1.165) is 16.5 Å². The third-order valence-electron chi connectivity index (χ3n) is 4.94. The van der Waals surface area contributed by atoms with Crippen LogP contribution in [0.2, 0.25) is 0 Å². The SMILES string of the molecule is CC(C(=O)Nc1ccc(-c2cc3ccccc3o2)c(C(N)=O)c1)c1ccccc1. The van der Waals surface area contributed by atoms with Crippen LogP contribution >= 0.6 is 0 Å². The van der Waals surface area contributed by atoms with Gasteiger partial charge in [-0.3, -0.25) is 9.59 Å². The fourth-order valence-electron chi connectivity index (χ4n) is 3.30. The molecule has 0 radical (unpaired) electrons. The standard InChI is InChI=1S/C24H20N2O3/c1-15(16-7-3-2-4-8-16)24(28)26-18-11-12-19(20(14-18)23(25)27)22-13-17-9-5-6-10-21(17)29-22/h2-15H,1H3,(H2,25,27)(H,26,28). The van der Waals surface area contributed by atoms with Crippen LogP contribution in [0.4, 0.5) is 5.69 Å². The zero-order valence-electron chi connectivity index (χ0n) is 15.9.